The Kier molecular flexibility index (Phi) is 6.07. The van der Waals surface area contributed by atoms with E-state index < -0.39 is 11.5 Å². The Morgan fingerprint density at radius 2 is 1.85 bits per heavy atom. The third-order valence-electron chi connectivity index (χ3n) is 8.09. The van der Waals surface area contributed by atoms with Crippen LogP contribution >= 0.6 is 0 Å². The lowest BCUT2D eigenvalue weighted by atomic mass is 9.84. The van der Waals surface area contributed by atoms with Crippen LogP contribution in [-0.2, 0) is 4.79 Å². The highest BCUT2D eigenvalue weighted by molar-refractivity contribution is 5.85. The molecule has 186 valence electrons. The molecule has 1 saturated heterocycles. The summed E-state index contributed by atoms with van der Waals surface area (Å²) in [5.41, 5.74) is -0.119. The summed E-state index contributed by atoms with van der Waals surface area (Å²) in [5.74, 6) is -1.68. The van der Waals surface area contributed by atoms with Crippen molar-refractivity contribution in [1.29, 1.82) is 0 Å². The van der Waals surface area contributed by atoms with E-state index in [1.165, 1.54) is 0 Å². The fraction of sp³-hybridized carbons (Fsp3) is 0.692. The quantitative estimate of drug-likeness (QED) is 0.645. The van der Waals surface area contributed by atoms with E-state index in [0.29, 0.717) is 50.9 Å². The number of likely N-dealkylation sites (tertiary alicyclic amines) is 1. The van der Waals surface area contributed by atoms with E-state index in [0.717, 1.165) is 24.9 Å². The van der Waals surface area contributed by atoms with E-state index >= 15 is 0 Å². The molecule has 2 aliphatic carbocycles. The average molecular weight is 476 g/mol. The maximum absolute atomic E-state index is 13.4. The first-order chi connectivity index (χ1) is 16.1. The molecule has 2 aliphatic heterocycles. The molecule has 1 aromatic rings. The number of hydrogen-bond acceptors (Lipinski definition) is 5. The Morgan fingerprint density at radius 1 is 1.15 bits per heavy atom. The van der Waals surface area contributed by atoms with Crippen LogP contribution in [0.25, 0.3) is 0 Å². The summed E-state index contributed by atoms with van der Waals surface area (Å²) in [5, 5.41) is 17.8. The summed E-state index contributed by atoms with van der Waals surface area (Å²) >= 11 is 0. The first kappa shape index (κ1) is 23.5. The zero-order valence-corrected chi connectivity index (χ0v) is 19.9. The van der Waals surface area contributed by atoms with Gasteiger partial charge < -0.3 is 14.7 Å². The Morgan fingerprint density at radius 3 is 2.53 bits per heavy atom. The van der Waals surface area contributed by atoms with E-state index in [-0.39, 0.29) is 36.3 Å². The summed E-state index contributed by atoms with van der Waals surface area (Å²) in [6.07, 6.45) is 6.54. The normalized spacial score (nSPS) is 27.6. The van der Waals surface area contributed by atoms with Crippen LogP contribution in [-0.4, -0.2) is 58.9 Å². The van der Waals surface area contributed by atoms with Gasteiger partial charge in [0.25, 0.3) is 0 Å². The zero-order valence-electron chi connectivity index (χ0n) is 19.9. The summed E-state index contributed by atoms with van der Waals surface area (Å²) in [6.45, 7) is 3.23. The topological polar surface area (TPSA) is 65.4 Å². The van der Waals surface area contributed by atoms with Gasteiger partial charge in [-0.1, -0.05) is 13.0 Å². The van der Waals surface area contributed by atoms with Crippen molar-refractivity contribution in [2.75, 3.05) is 18.1 Å². The van der Waals surface area contributed by atoms with Crippen LogP contribution in [0.5, 0.6) is 5.75 Å². The van der Waals surface area contributed by atoms with E-state index in [1.54, 1.807) is 0 Å². The van der Waals surface area contributed by atoms with Crippen LogP contribution in [0.15, 0.2) is 29.4 Å². The Labute approximate surface area is 199 Å². The van der Waals surface area contributed by atoms with Crippen molar-refractivity contribution in [2.45, 2.75) is 94.8 Å². The number of alkyl halides is 2. The van der Waals surface area contributed by atoms with Gasteiger partial charge in [-0.25, -0.2) is 8.78 Å². The number of hydrazone groups is 1. The predicted molar refractivity (Wildman–Crippen MR) is 126 cm³/mol. The minimum Gasteiger partial charge on any atom is -0.490 e. The highest BCUT2D eigenvalue weighted by Gasteiger charge is 2.49. The van der Waals surface area contributed by atoms with Crippen molar-refractivity contribution < 1.29 is 23.4 Å². The van der Waals surface area contributed by atoms with Crippen LogP contribution in [0.1, 0.15) is 71.1 Å². The summed E-state index contributed by atoms with van der Waals surface area (Å²) in [4.78, 5) is 14.6. The molecule has 1 aromatic carbocycles. The third-order valence-corrected chi connectivity index (χ3v) is 8.09. The number of amides is 1. The monoisotopic (exact) mass is 475 g/mol. The molecule has 1 atom stereocenters. The van der Waals surface area contributed by atoms with Gasteiger partial charge in [-0.3, -0.25) is 9.80 Å². The summed E-state index contributed by atoms with van der Waals surface area (Å²) in [7, 11) is 0. The van der Waals surface area contributed by atoms with Crippen molar-refractivity contribution >= 4 is 17.8 Å². The molecule has 1 N–H and O–H groups in total. The van der Waals surface area contributed by atoms with Gasteiger partial charge in [0.2, 0.25) is 11.8 Å². The molecular weight excluding hydrogens is 440 g/mol. The lowest BCUT2D eigenvalue weighted by molar-refractivity contribution is -0.140. The first-order valence-electron chi connectivity index (χ1n) is 12.6. The number of halogens is 2. The number of hydrogen-bond donors (Lipinski definition) is 1. The van der Waals surface area contributed by atoms with Crippen LogP contribution in [0.2, 0.25) is 0 Å². The SMILES string of the molecule is CC1(C(=O)N2CCC(O)(CC3CC=NN3c3cccc(OC4CCC(F)(F)CC4)c3)CC2)CC1. The molecule has 6 nitrogen and oxygen atoms in total. The molecule has 1 unspecified atom stereocenters. The molecular formula is C26H35F2N3O3. The fourth-order valence-electron chi connectivity index (χ4n) is 5.47. The standard InChI is InChI=1S/C26H35F2N3O3/c1-24(10-11-24)23(32)30-15-12-25(33,13-16-30)18-20-7-14-29-31(20)19-3-2-4-22(17-19)34-21-5-8-26(27,28)9-6-21/h2-4,14,17,20-21,33H,5-13,15-16,18H2,1H3. The smallest absolute Gasteiger partial charge is 0.248 e. The van der Waals surface area contributed by atoms with E-state index in [9.17, 15) is 18.7 Å². The van der Waals surface area contributed by atoms with Gasteiger partial charge in [-0.15, -0.1) is 0 Å². The largest absolute Gasteiger partial charge is 0.490 e. The number of aliphatic hydroxyl groups is 1. The first-order valence-corrected chi connectivity index (χ1v) is 12.6. The van der Waals surface area contributed by atoms with Gasteiger partial charge in [0.15, 0.2) is 0 Å². The van der Waals surface area contributed by atoms with Crippen LogP contribution < -0.4 is 9.75 Å². The number of nitrogens with zero attached hydrogens (tertiary/aromatic N) is 3. The highest BCUT2D eigenvalue weighted by atomic mass is 19.3. The lowest BCUT2D eigenvalue weighted by Gasteiger charge is -2.41. The molecule has 2 saturated carbocycles. The van der Waals surface area contributed by atoms with E-state index in [4.69, 9.17) is 4.74 Å². The predicted octanol–water partition coefficient (Wildman–Crippen LogP) is 4.75. The van der Waals surface area contributed by atoms with Crippen molar-refractivity contribution in [2.24, 2.45) is 10.5 Å². The van der Waals surface area contributed by atoms with Crippen LogP contribution in [0, 0.1) is 5.41 Å². The van der Waals surface area contributed by atoms with Crippen molar-refractivity contribution in [3.8, 4) is 5.75 Å². The van der Waals surface area contributed by atoms with Gasteiger partial charge in [0.1, 0.15) is 5.75 Å². The molecule has 4 aliphatic rings. The Balaban J connectivity index is 1.18. The van der Waals surface area contributed by atoms with Crippen molar-refractivity contribution in [3.05, 3.63) is 24.3 Å². The molecule has 3 fully saturated rings. The van der Waals surface area contributed by atoms with Gasteiger partial charge in [-0.05, 0) is 57.1 Å². The molecule has 34 heavy (non-hydrogen) atoms. The molecule has 2 heterocycles. The van der Waals surface area contributed by atoms with Crippen LogP contribution in [0.3, 0.4) is 0 Å². The number of carbonyl (C=O) groups excluding carboxylic acids is 1. The molecule has 0 aromatic heterocycles. The molecule has 0 radical (unpaired) electrons. The number of benzene rings is 1. The molecule has 1 amide bonds. The second-order valence-electron chi connectivity index (χ2n) is 11.0. The lowest BCUT2D eigenvalue weighted by Crippen LogP contribution is -2.50. The van der Waals surface area contributed by atoms with Crippen LogP contribution in [0.4, 0.5) is 14.5 Å². The van der Waals surface area contributed by atoms with Gasteiger partial charge in [0.05, 0.1) is 23.4 Å². The van der Waals surface area contributed by atoms with Gasteiger partial charge >= 0.3 is 0 Å². The number of ether oxygens (including phenoxy) is 1. The van der Waals surface area contributed by atoms with Crippen molar-refractivity contribution in [3.63, 3.8) is 0 Å². The average Bonchev–Trinajstić information content (AvgIpc) is 3.40. The third kappa shape index (κ3) is 5.07. The Bertz CT molecular complexity index is 931. The minimum absolute atomic E-state index is 0.0248. The van der Waals surface area contributed by atoms with Gasteiger partial charge in [-0.2, -0.15) is 5.10 Å². The second-order valence-corrected chi connectivity index (χ2v) is 11.0. The van der Waals surface area contributed by atoms with E-state index in [2.05, 4.69) is 5.10 Å². The summed E-state index contributed by atoms with van der Waals surface area (Å²) < 4.78 is 32.9. The molecule has 0 bridgehead atoms. The molecule has 5 rings (SSSR count). The maximum Gasteiger partial charge on any atom is 0.248 e. The second kappa shape index (κ2) is 8.77. The number of piperidine rings is 1. The maximum atomic E-state index is 13.4. The number of anilines is 1. The fourth-order valence-corrected chi connectivity index (χ4v) is 5.47. The summed E-state index contributed by atoms with van der Waals surface area (Å²) in [6, 6.07) is 7.64. The Hall–Kier alpha value is -2.22. The molecule has 8 heteroatoms. The van der Waals surface area contributed by atoms with E-state index in [1.807, 2.05) is 47.3 Å². The zero-order chi connectivity index (χ0) is 24.0. The number of rotatable bonds is 6. The molecule has 0 spiro atoms. The minimum atomic E-state index is -2.57. The van der Waals surface area contributed by atoms with Crippen molar-refractivity contribution in [1.82, 2.24) is 4.90 Å². The number of carbonyl (C=O) groups is 1. The van der Waals surface area contributed by atoms with Gasteiger partial charge in [0, 0.05) is 50.0 Å². The highest BCUT2D eigenvalue weighted by Crippen LogP contribution is 2.47.